The van der Waals surface area contributed by atoms with Gasteiger partial charge >= 0.3 is 0 Å². The zero-order valence-corrected chi connectivity index (χ0v) is 9.57. The maximum Gasteiger partial charge on any atom is 0.266 e. The summed E-state index contributed by atoms with van der Waals surface area (Å²) in [5.41, 5.74) is 2.02. The number of nitrogens with zero attached hydrogens (tertiary/aromatic N) is 1. The molecule has 0 aliphatic heterocycles. The molecule has 1 saturated carbocycles. The zero-order valence-electron chi connectivity index (χ0n) is 9.57. The quantitative estimate of drug-likeness (QED) is 0.622. The predicted molar refractivity (Wildman–Crippen MR) is 66.2 cm³/mol. The van der Waals surface area contributed by atoms with Gasteiger partial charge in [-0.1, -0.05) is 18.2 Å². The highest BCUT2D eigenvalue weighted by atomic mass is 16.1. The molecule has 1 N–H and O–H groups in total. The largest absolute Gasteiger partial charge is 0.321 e. The summed E-state index contributed by atoms with van der Waals surface area (Å²) in [6, 6.07) is 11.2. The second-order valence-electron chi connectivity index (χ2n) is 4.12. The first kappa shape index (κ1) is 11.4. The topological polar surface area (TPSA) is 52.9 Å². The van der Waals surface area contributed by atoms with Crippen molar-refractivity contribution >= 4 is 11.6 Å². The lowest BCUT2D eigenvalue weighted by molar-refractivity contribution is -0.112. The van der Waals surface area contributed by atoms with Gasteiger partial charge < -0.3 is 5.32 Å². The van der Waals surface area contributed by atoms with E-state index in [0.29, 0.717) is 5.57 Å². The van der Waals surface area contributed by atoms with Gasteiger partial charge in [-0.05, 0) is 43.4 Å². The molecule has 0 spiro atoms. The molecule has 3 heteroatoms. The summed E-state index contributed by atoms with van der Waals surface area (Å²) in [6.07, 6.45) is 3.93. The van der Waals surface area contributed by atoms with Gasteiger partial charge in [0.2, 0.25) is 0 Å². The van der Waals surface area contributed by atoms with Gasteiger partial charge in [-0.3, -0.25) is 4.79 Å². The Labute approximate surface area is 101 Å². The van der Waals surface area contributed by atoms with Crippen LogP contribution in [0.15, 0.2) is 41.5 Å². The lowest BCUT2D eigenvalue weighted by atomic mass is 10.1. The Kier molecular flexibility index (Phi) is 3.56. The van der Waals surface area contributed by atoms with Gasteiger partial charge in [-0.25, -0.2) is 0 Å². The number of para-hydroxylation sites is 1. The van der Waals surface area contributed by atoms with E-state index in [9.17, 15) is 4.79 Å². The Morgan fingerprint density at radius 2 is 1.82 bits per heavy atom. The van der Waals surface area contributed by atoms with Crippen LogP contribution in [0.25, 0.3) is 0 Å². The second kappa shape index (κ2) is 5.31. The lowest BCUT2D eigenvalue weighted by Crippen LogP contribution is -2.14. The summed E-state index contributed by atoms with van der Waals surface area (Å²) in [5, 5.41) is 11.8. The Morgan fingerprint density at radius 1 is 1.18 bits per heavy atom. The first-order valence-electron chi connectivity index (χ1n) is 5.80. The van der Waals surface area contributed by atoms with Crippen molar-refractivity contribution in [3.05, 3.63) is 41.5 Å². The summed E-state index contributed by atoms with van der Waals surface area (Å²) in [4.78, 5) is 11.9. The van der Waals surface area contributed by atoms with Crippen LogP contribution in [-0.4, -0.2) is 5.91 Å². The number of nitrogens with one attached hydrogen (secondary N) is 1. The van der Waals surface area contributed by atoms with E-state index in [1.54, 1.807) is 0 Å². The van der Waals surface area contributed by atoms with E-state index in [2.05, 4.69) is 5.32 Å². The summed E-state index contributed by atoms with van der Waals surface area (Å²) < 4.78 is 0. The SMILES string of the molecule is N#CC(C(=O)Nc1ccccc1)=C1CCCC1. The van der Waals surface area contributed by atoms with Gasteiger partial charge in [0.25, 0.3) is 5.91 Å². The average Bonchev–Trinajstić information content (AvgIpc) is 2.85. The standard InChI is InChI=1S/C14H14N2O/c15-10-13(11-6-4-5-7-11)14(17)16-12-8-2-1-3-9-12/h1-3,8-9H,4-7H2,(H,16,17). The van der Waals surface area contributed by atoms with Crippen molar-refractivity contribution in [1.29, 1.82) is 5.26 Å². The molecule has 0 unspecified atom stereocenters. The Bertz CT molecular complexity index is 475. The molecule has 17 heavy (non-hydrogen) atoms. The monoisotopic (exact) mass is 226 g/mol. The van der Waals surface area contributed by atoms with Gasteiger partial charge in [0, 0.05) is 5.69 Å². The number of hydrogen-bond acceptors (Lipinski definition) is 2. The molecule has 0 radical (unpaired) electrons. The van der Waals surface area contributed by atoms with Crippen molar-refractivity contribution in [1.82, 2.24) is 0 Å². The average molecular weight is 226 g/mol. The number of anilines is 1. The van der Waals surface area contributed by atoms with E-state index in [4.69, 9.17) is 5.26 Å². The van der Waals surface area contributed by atoms with Crippen LogP contribution in [0.3, 0.4) is 0 Å². The van der Waals surface area contributed by atoms with E-state index >= 15 is 0 Å². The number of rotatable bonds is 2. The molecule has 1 aliphatic rings. The van der Waals surface area contributed by atoms with Gasteiger partial charge in [0.05, 0.1) is 0 Å². The Balaban J connectivity index is 2.15. The van der Waals surface area contributed by atoms with E-state index in [1.807, 2.05) is 36.4 Å². The molecule has 1 amide bonds. The lowest BCUT2D eigenvalue weighted by Gasteiger charge is -2.05. The van der Waals surface area contributed by atoms with Crippen molar-refractivity contribution < 1.29 is 4.79 Å². The first-order valence-corrected chi connectivity index (χ1v) is 5.80. The van der Waals surface area contributed by atoms with Gasteiger partial charge in [0.1, 0.15) is 11.6 Å². The highest BCUT2D eigenvalue weighted by Crippen LogP contribution is 2.27. The molecule has 1 aromatic rings. The number of allylic oxidation sites excluding steroid dienone is 1. The van der Waals surface area contributed by atoms with Crippen molar-refractivity contribution in [2.24, 2.45) is 0 Å². The number of carbonyl (C=O) groups is 1. The molecular formula is C14H14N2O. The summed E-state index contributed by atoms with van der Waals surface area (Å²) in [5.74, 6) is -0.282. The first-order chi connectivity index (χ1) is 8.31. The fourth-order valence-electron chi connectivity index (χ4n) is 2.06. The van der Waals surface area contributed by atoms with Gasteiger partial charge in [0.15, 0.2) is 0 Å². The molecule has 0 bridgehead atoms. The van der Waals surface area contributed by atoms with Crippen LogP contribution in [-0.2, 0) is 4.79 Å². The molecule has 3 nitrogen and oxygen atoms in total. The molecule has 2 rings (SSSR count). The maximum absolute atomic E-state index is 11.9. The minimum Gasteiger partial charge on any atom is -0.321 e. The summed E-state index contributed by atoms with van der Waals surface area (Å²) >= 11 is 0. The Morgan fingerprint density at radius 3 is 2.41 bits per heavy atom. The van der Waals surface area contributed by atoms with Crippen LogP contribution in [0.4, 0.5) is 5.69 Å². The van der Waals surface area contributed by atoms with Crippen LogP contribution in [0, 0.1) is 11.3 Å². The van der Waals surface area contributed by atoms with Gasteiger partial charge in [-0.15, -0.1) is 0 Å². The zero-order chi connectivity index (χ0) is 12.1. The minimum atomic E-state index is -0.282. The third kappa shape index (κ3) is 2.73. The number of nitriles is 1. The highest BCUT2D eigenvalue weighted by molar-refractivity contribution is 6.07. The third-order valence-electron chi connectivity index (χ3n) is 2.93. The second-order valence-corrected chi connectivity index (χ2v) is 4.12. The molecule has 86 valence electrons. The fourth-order valence-corrected chi connectivity index (χ4v) is 2.06. The molecular weight excluding hydrogens is 212 g/mol. The van der Waals surface area contributed by atoms with Crippen molar-refractivity contribution in [3.8, 4) is 6.07 Å². The molecule has 0 saturated heterocycles. The van der Waals surface area contributed by atoms with Crippen LogP contribution in [0.1, 0.15) is 25.7 Å². The highest BCUT2D eigenvalue weighted by Gasteiger charge is 2.18. The smallest absolute Gasteiger partial charge is 0.266 e. The van der Waals surface area contributed by atoms with Crippen molar-refractivity contribution in [3.63, 3.8) is 0 Å². The molecule has 1 fully saturated rings. The summed E-state index contributed by atoms with van der Waals surface area (Å²) in [6.45, 7) is 0. The van der Waals surface area contributed by atoms with Gasteiger partial charge in [-0.2, -0.15) is 5.26 Å². The molecule has 0 aromatic heterocycles. The third-order valence-corrected chi connectivity index (χ3v) is 2.93. The number of benzene rings is 1. The minimum absolute atomic E-state index is 0.282. The predicted octanol–water partition coefficient (Wildman–Crippen LogP) is 3.02. The number of hydrogen-bond donors (Lipinski definition) is 1. The Hall–Kier alpha value is -2.08. The van der Waals surface area contributed by atoms with E-state index in [-0.39, 0.29) is 5.91 Å². The van der Waals surface area contributed by atoms with E-state index in [1.165, 1.54) is 0 Å². The molecule has 0 heterocycles. The van der Waals surface area contributed by atoms with Crippen LogP contribution in [0.5, 0.6) is 0 Å². The molecule has 0 atom stereocenters. The van der Waals surface area contributed by atoms with Crippen LogP contribution in [0.2, 0.25) is 0 Å². The number of amides is 1. The van der Waals surface area contributed by atoms with Crippen molar-refractivity contribution in [2.45, 2.75) is 25.7 Å². The maximum atomic E-state index is 11.9. The van der Waals surface area contributed by atoms with Crippen LogP contribution < -0.4 is 5.32 Å². The van der Waals surface area contributed by atoms with E-state index < -0.39 is 0 Å². The molecule has 1 aromatic carbocycles. The summed E-state index contributed by atoms with van der Waals surface area (Å²) in [7, 11) is 0. The number of carbonyl (C=O) groups excluding carboxylic acids is 1. The normalized spacial score (nSPS) is 14.2. The van der Waals surface area contributed by atoms with E-state index in [0.717, 1.165) is 36.9 Å². The van der Waals surface area contributed by atoms with Crippen LogP contribution >= 0.6 is 0 Å². The fraction of sp³-hybridized carbons (Fsp3) is 0.286. The molecule has 1 aliphatic carbocycles. The van der Waals surface area contributed by atoms with Crippen molar-refractivity contribution in [2.75, 3.05) is 5.32 Å².